The van der Waals surface area contributed by atoms with E-state index in [1.165, 1.54) is 57.8 Å². The van der Waals surface area contributed by atoms with Gasteiger partial charge in [-0.1, -0.05) is 26.2 Å². The molecule has 0 N–H and O–H groups in total. The minimum absolute atomic E-state index is 0.496. The summed E-state index contributed by atoms with van der Waals surface area (Å²) in [6.07, 6.45) is 12.6. The normalized spacial score (nSPS) is 38.4. The van der Waals surface area contributed by atoms with Gasteiger partial charge in [-0.3, -0.25) is 0 Å². The fraction of sp³-hybridized carbons (Fsp3) is 0.933. The van der Waals surface area contributed by atoms with Crippen LogP contribution in [0.15, 0.2) is 4.99 Å². The van der Waals surface area contributed by atoms with E-state index < -0.39 is 0 Å². The van der Waals surface area contributed by atoms with Crippen molar-refractivity contribution in [3.05, 3.63) is 0 Å². The van der Waals surface area contributed by atoms with E-state index in [9.17, 15) is 0 Å². The average Bonchev–Trinajstić information content (AvgIpc) is 2.40. The first kappa shape index (κ1) is 13.2. The molecule has 0 atom stereocenters. The maximum absolute atomic E-state index is 4.70. The lowest BCUT2D eigenvalue weighted by molar-refractivity contribution is 0.159. The van der Waals surface area contributed by atoms with Crippen LogP contribution < -0.4 is 0 Å². The van der Waals surface area contributed by atoms with Gasteiger partial charge in [-0.25, -0.2) is 4.99 Å². The van der Waals surface area contributed by atoms with Gasteiger partial charge in [-0.15, -0.1) is 0 Å². The second kappa shape index (κ2) is 6.66. The summed E-state index contributed by atoms with van der Waals surface area (Å²) in [6, 6.07) is 0.496. The van der Waals surface area contributed by atoms with Crippen molar-refractivity contribution >= 4 is 17.4 Å². The SMILES string of the molecule is CC[C@H]1CC[C@H](C2CCC(N=C=S)CC2)CC1. The highest BCUT2D eigenvalue weighted by Crippen LogP contribution is 2.40. The highest BCUT2D eigenvalue weighted by molar-refractivity contribution is 7.78. The largest absolute Gasteiger partial charge is 0.229 e. The Morgan fingerprint density at radius 2 is 1.47 bits per heavy atom. The molecule has 96 valence electrons. The first-order valence-electron chi connectivity index (χ1n) is 7.40. The summed E-state index contributed by atoms with van der Waals surface area (Å²) in [6.45, 7) is 2.35. The molecule has 0 unspecified atom stereocenters. The van der Waals surface area contributed by atoms with Crippen LogP contribution in [0.3, 0.4) is 0 Å². The molecule has 2 aliphatic carbocycles. The van der Waals surface area contributed by atoms with Crippen molar-refractivity contribution in [3.8, 4) is 0 Å². The fourth-order valence-corrected chi connectivity index (χ4v) is 3.99. The summed E-state index contributed by atoms with van der Waals surface area (Å²) < 4.78 is 0. The smallest absolute Gasteiger partial charge is 0.0603 e. The average molecular weight is 251 g/mol. The van der Waals surface area contributed by atoms with Gasteiger partial charge in [0.05, 0.1) is 11.2 Å². The Labute approximate surface area is 111 Å². The van der Waals surface area contributed by atoms with Crippen molar-refractivity contribution < 1.29 is 0 Å². The highest BCUT2D eigenvalue weighted by atomic mass is 32.1. The Hall–Kier alpha value is -0.200. The number of hydrogen-bond acceptors (Lipinski definition) is 2. The second-order valence-corrected chi connectivity index (χ2v) is 6.16. The van der Waals surface area contributed by atoms with Gasteiger partial charge in [-0.05, 0) is 68.5 Å². The van der Waals surface area contributed by atoms with E-state index in [1.54, 1.807) is 0 Å². The zero-order valence-electron chi connectivity index (χ0n) is 11.0. The van der Waals surface area contributed by atoms with Gasteiger partial charge in [-0.2, -0.15) is 0 Å². The molecule has 2 fully saturated rings. The molecule has 2 rings (SSSR count). The molecule has 1 nitrogen and oxygen atoms in total. The Morgan fingerprint density at radius 1 is 0.941 bits per heavy atom. The lowest BCUT2D eigenvalue weighted by Crippen LogP contribution is -2.26. The number of nitrogens with zero attached hydrogens (tertiary/aromatic N) is 1. The molecule has 0 aromatic carbocycles. The van der Waals surface area contributed by atoms with Gasteiger partial charge >= 0.3 is 0 Å². The summed E-state index contributed by atoms with van der Waals surface area (Å²) in [7, 11) is 0. The summed E-state index contributed by atoms with van der Waals surface area (Å²) in [4.78, 5) is 4.25. The summed E-state index contributed by atoms with van der Waals surface area (Å²) >= 11 is 4.70. The van der Waals surface area contributed by atoms with Gasteiger partial charge < -0.3 is 0 Å². The lowest BCUT2D eigenvalue weighted by Gasteiger charge is -2.36. The van der Waals surface area contributed by atoms with Crippen molar-refractivity contribution in [2.24, 2.45) is 22.7 Å². The van der Waals surface area contributed by atoms with Crippen molar-refractivity contribution in [2.75, 3.05) is 0 Å². The molecule has 2 aliphatic rings. The molecule has 0 amide bonds. The predicted octanol–water partition coefficient (Wildman–Crippen LogP) is 4.86. The van der Waals surface area contributed by atoms with Crippen molar-refractivity contribution in [1.29, 1.82) is 0 Å². The third kappa shape index (κ3) is 3.63. The maximum Gasteiger partial charge on any atom is 0.0603 e. The molecule has 0 heterocycles. The third-order valence-corrected chi connectivity index (χ3v) is 5.22. The first-order chi connectivity index (χ1) is 8.33. The quantitative estimate of drug-likeness (QED) is 0.515. The van der Waals surface area contributed by atoms with E-state index in [0.717, 1.165) is 17.8 Å². The minimum Gasteiger partial charge on any atom is -0.229 e. The van der Waals surface area contributed by atoms with Crippen LogP contribution in [0.2, 0.25) is 0 Å². The van der Waals surface area contributed by atoms with E-state index in [0.29, 0.717) is 6.04 Å². The number of hydrogen-bond donors (Lipinski definition) is 0. The number of rotatable bonds is 3. The molecule has 0 aliphatic heterocycles. The monoisotopic (exact) mass is 251 g/mol. The van der Waals surface area contributed by atoms with Crippen LogP contribution in [0, 0.1) is 17.8 Å². The van der Waals surface area contributed by atoms with Crippen LogP contribution in [0.1, 0.15) is 64.7 Å². The number of isothiocyanates is 1. The van der Waals surface area contributed by atoms with Gasteiger partial charge in [0.1, 0.15) is 0 Å². The second-order valence-electron chi connectivity index (χ2n) is 5.98. The number of aliphatic imine (C=N–C) groups is 1. The minimum atomic E-state index is 0.496. The molecular formula is C15H25NS. The lowest BCUT2D eigenvalue weighted by atomic mass is 9.70. The molecular weight excluding hydrogens is 226 g/mol. The summed E-state index contributed by atoms with van der Waals surface area (Å²) in [5.74, 6) is 3.04. The molecule has 0 bridgehead atoms. The van der Waals surface area contributed by atoms with Crippen LogP contribution >= 0.6 is 12.2 Å². The van der Waals surface area contributed by atoms with Crippen molar-refractivity contribution in [3.63, 3.8) is 0 Å². The Bertz CT molecular complexity index is 267. The summed E-state index contributed by atoms with van der Waals surface area (Å²) in [5.41, 5.74) is 0. The number of thiocarbonyl (C=S) groups is 1. The topological polar surface area (TPSA) is 12.4 Å². The van der Waals surface area contributed by atoms with E-state index in [1.807, 2.05) is 0 Å². The molecule has 0 radical (unpaired) electrons. The Balaban J connectivity index is 1.76. The van der Waals surface area contributed by atoms with Crippen LogP contribution in [-0.2, 0) is 0 Å². The van der Waals surface area contributed by atoms with E-state index in [-0.39, 0.29) is 0 Å². The standard InChI is InChI=1S/C15H25NS/c1-2-12-3-5-13(6-4-12)14-7-9-15(10-8-14)16-11-17/h12-15H,2-10H2,1H3/t12-,13-,14?,15?. The highest BCUT2D eigenvalue weighted by Gasteiger charge is 2.30. The van der Waals surface area contributed by atoms with Crippen LogP contribution in [-0.4, -0.2) is 11.2 Å². The molecule has 17 heavy (non-hydrogen) atoms. The van der Waals surface area contributed by atoms with Crippen molar-refractivity contribution in [2.45, 2.75) is 70.8 Å². The molecule has 0 aromatic rings. The van der Waals surface area contributed by atoms with Gasteiger partial charge in [0.25, 0.3) is 0 Å². The third-order valence-electron chi connectivity index (χ3n) is 5.11. The Morgan fingerprint density at radius 3 is 1.94 bits per heavy atom. The molecule has 0 aromatic heterocycles. The van der Waals surface area contributed by atoms with Crippen LogP contribution in [0.25, 0.3) is 0 Å². The van der Waals surface area contributed by atoms with Gasteiger partial charge in [0.2, 0.25) is 0 Å². The molecule has 2 saturated carbocycles. The van der Waals surface area contributed by atoms with Crippen LogP contribution in [0.5, 0.6) is 0 Å². The van der Waals surface area contributed by atoms with E-state index in [2.05, 4.69) is 17.1 Å². The predicted molar refractivity (Wildman–Crippen MR) is 76.5 cm³/mol. The first-order valence-corrected chi connectivity index (χ1v) is 7.81. The zero-order valence-corrected chi connectivity index (χ0v) is 11.8. The fourth-order valence-electron chi connectivity index (χ4n) is 3.84. The Kier molecular flexibility index (Phi) is 5.18. The van der Waals surface area contributed by atoms with E-state index in [4.69, 9.17) is 12.2 Å². The summed E-state index contributed by atoms with van der Waals surface area (Å²) in [5, 5.41) is 2.55. The molecule has 2 heteroatoms. The van der Waals surface area contributed by atoms with Gasteiger partial charge in [0.15, 0.2) is 0 Å². The van der Waals surface area contributed by atoms with Gasteiger partial charge in [0, 0.05) is 0 Å². The molecule has 0 spiro atoms. The van der Waals surface area contributed by atoms with E-state index >= 15 is 0 Å². The zero-order chi connectivity index (χ0) is 12.1. The molecule has 0 saturated heterocycles. The maximum atomic E-state index is 4.70. The van der Waals surface area contributed by atoms with Crippen molar-refractivity contribution in [1.82, 2.24) is 0 Å². The van der Waals surface area contributed by atoms with Crippen LogP contribution in [0.4, 0.5) is 0 Å².